The van der Waals surface area contributed by atoms with E-state index in [2.05, 4.69) is 33.4 Å². The maximum Gasteiger partial charge on any atom is 0.232 e. The highest BCUT2D eigenvalue weighted by atomic mass is 32.1. The molecule has 0 unspecified atom stereocenters. The third-order valence-electron chi connectivity index (χ3n) is 8.21. The molecule has 7 nitrogen and oxygen atoms in total. The number of ether oxygens (including phenoxy) is 1. The minimum Gasteiger partial charge on any atom is -0.378 e. The maximum atomic E-state index is 13.6. The lowest BCUT2D eigenvalue weighted by molar-refractivity contribution is 0.122. The Balaban J connectivity index is 1.33. The van der Waals surface area contributed by atoms with Crippen molar-refractivity contribution in [2.45, 2.75) is 69.7 Å². The van der Waals surface area contributed by atoms with Crippen LogP contribution in [0.3, 0.4) is 0 Å². The van der Waals surface area contributed by atoms with Crippen LogP contribution in [0, 0.1) is 5.82 Å². The predicted octanol–water partition coefficient (Wildman–Crippen LogP) is 5.02. The Bertz CT molecular complexity index is 1060. The molecule has 2 N–H and O–H groups in total. The van der Waals surface area contributed by atoms with Crippen LogP contribution in [0.4, 0.5) is 22.0 Å². The standard InChI is InChI=1S/C28H39FN6OS/c1-21-7-3-6-14-35(21)25-19-24(34-15-17-36-18-16-34)31-26(32-25)33-27(37)30-20-28(12-4-2-5-13-28)22-8-10-23(29)11-9-22/h8-11,19,21H,2-7,12-18,20H2,1H3,(H2,30,31,32,33,37)/t21-/m0/s1. The normalized spacial score (nSPS) is 21.9. The Kier molecular flexibility index (Phi) is 8.39. The van der Waals surface area contributed by atoms with Crippen molar-refractivity contribution in [3.8, 4) is 0 Å². The average molecular weight is 527 g/mol. The van der Waals surface area contributed by atoms with Crippen LogP contribution in [-0.4, -0.2) is 60.5 Å². The highest BCUT2D eigenvalue weighted by Crippen LogP contribution is 2.39. The molecule has 3 aliphatic rings. The van der Waals surface area contributed by atoms with E-state index < -0.39 is 0 Å². The first-order chi connectivity index (χ1) is 18.0. The third-order valence-corrected chi connectivity index (χ3v) is 8.46. The van der Waals surface area contributed by atoms with Crippen LogP contribution in [0.15, 0.2) is 30.3 Å². The summed E-state index contributed by atoms with van der Waals surface area (Å²) in [5, 5.41) is 7.27. The fourth-order valence-electron chi connectivity index (χ4n) is 6.01. The van der Waals surface area contributed by atoms with Crippen LogP contribution in [0.25, 0.3) is 0 Å². The molecule has 0 amide bonds. The molecule has 0 radical (unpaired) electrons. The van der Waals surface area contributed by atoms with E-state index in [9.17, 15) is 4.39 Å². The second-order valence-corrected chi connectivity index (χ2v) is 11.1. The van der Waals surface area contributed by atoms with Gasteiger partial charge in [0.15, 0.2) is 5.11 Å². The van der Waals surface area contributed by atoms with Crippen molar-refractivity contribution in [3.63, 3.8) is 0 Å². The lowest BCUT2D eigenvalue weighted by Crippen LogP contribution is -2.44. The predicted molar refractivity (Wildman–Crippen MR) is 151 cm³/mol. The Morgan fingerprint density at radius 1 is 1.03 bits per heavy atom. The summed E-state index contributed by atoms with van der Waals surface area (Å²) < 4.78 is 19.2. The zero-order valence-electron chi connectivity index (χ0n) is 21.8. The van der Waals surface area contributed by atoms with Crippen LogP contribution in [0.5, 0.6) is 0 Å². The Morgan fingerprint density at radius 2 is 1.76 bits per heavy atom. The summed E-state index contributed by atoms with van der Waals surface area (Å²) in [6, 6.07) is 9.55. The number of nitrogens with one attached hydrogen (secondary N) is 2. The number of hydrogen-bond acceptors (Lipinski definition) is 6. The van der Waals surface area contributed by atoms with Gasteiger partial charge in [-0.15, -0.1) is 0 Å². The minimum absolute atomic E-state index is 0.0530. The second kappa shape index (κ2) is 11.9. The summed E-state index contributed by atoms with van der Waals surface area (Å²) in [5.41, 5.74) is 1.12. The lowest BCUT2D eigenvalue weighted by Gasteiger charge is -2.38. The van der Waals surface area contributed by atoms with Crippen molar-refractivity contribution in [3.05, 3.63) is 41.7 Å². The molecular formula is C28H39FN6OS. The highest BCUT2D eigenvalue weighted by Gasteiger charge is 2.34. The van der Waals surface area contributed by atoms with Crippen LogP contribution >= 0.6 is 12.2 Å². The first-order valence-corrected chi connectivity index (χ1v) is 14.2. The summed E-state index contributed by atoms with van der Waals surface area (Å²) >= 11 is 5.74. The number of aromatic nitrogens is 2. The number of halogens is 1. The molecule has 3 heterocycles. The van der Waals surface area contributed by atoms with E-state index in [0.29, 0.717) is 36.9 Å². The number of piperidine rings is 1. The van der Waals surface area contributed by atoms with Gasteiger partial charge in [-0.05, 0) is 68.9 Å². The molecule has 1 aromatic carbocycles. The van der Waals surface area contributed by atoms with Gasteiger partial charge in [-0.3, -0.25) is 0 Å². The van der Waals surface area contributed by atoms with Gasteiger partial charge < -0.3 is 25.2 Å². The number of thiocarbonyl (C=S) groups is 1. The van der Waals surface area contributed by atoms with Gasteiger partial charge in [0.05, 0.1) is 13.2 Å². The maximum absolute atomic E-state index is 13.6. The Labute approximate surface area is 225 Å². The number of morpholine rings is 1. The van der Waals surface area contributed by atoms with E-state index in [-0.39, 0.29) is 11.2 Å². The number of benzene rings is 1. The van der Waals surface area contributed by atoms with Gasteiger partial charge >= 0.3 is 0 Å². The van der Waals surface area contributed by atoms with Crippen molar-refractivity contribution >= 4 is 34.9 Å². The number of rotatable bonds is 6. The molecule has 2 saturated heterocycles. The monoisotopic (exact) mass is 526 g/mol. The van der Waals surface area contributed by atoms with Gasteiger partial charge in [0, 0.05) is 43.7 Å². The summed E-state index contributed by atoms with van der Waals surface area (Å²) in [7, 11) is 0. The van der Waals surface area contributed by atoms with Crippen LogP contribution in [0.2, 0.25) is 0 Å². The molecule has 9 heteroatoms. The van der Waals surface area contributed by atoms with Crippen molar-refractivity contribution in [2.75, 3.05) is 54.5 Å². The highest BCUT2D eigenvalue weighted by molar-refractivity contribution is 7.80. The van der Waals surface area contributed by atoms with E-state index in [1.165, 1.54) is 44.1 Å². The zero-order valence-corrected chi connectivity index (χ0v) is 22.7. The molecule has 3 fully saturated rings. The average Bonchev–Trinajstić information content (AvgIpc) is 2.93. The first kappa shape index (κ1) is 26.1. The fraction of sp³-hybridized carbons (Fsp3) is 0.607. The Morgan fingerprint density at radius 3 is 2.49 bits per heavy atom. The number of hydrogen-bond donors (Lipinski definition) is 2. The van der Waals surface area contributed by atoms with Crippen molar-refractivity contribution in [1.82, 2.24) is 15.3 Å². The molecule has 0 spiro atoms. The molecule has 2 aromatic rings. The quantitative estimate of drug-likeness (QED) is 0.509. The van der Waals surface area contributed by atoms with Gasteiger partial charge in [0.25, 0.3) is 0 Å². The molecule has 0 bridgehead atoms. The van der Waals surface area contributed by atoms with Crippen LogP contribution < -0.4 is 20.4 Å². The molecule has 1 atom stereocenters. The molecular weight excluding hydrogens is 487 g/mol. The summed E-state index contributed by atoms with van der Waals surface area (Å²) in [4.78, 5) is 14.4. The topological polar surface area (TPSA) is 65.6 Å². The van der Waals surface area contributed by atoms with E-state index in [0.717, 1.165) is 44.1 Å². The van der Waals surface area contributed by atoms with E-state index in [4.69, 9.17) is 26.9 Å². The molecule has 2 aliphatic heterocycles. The van der Waals surface area contributed by atoms with Gasteiger partial charge in [0.2, 0.25) is 5.95 Å². The molecule has 1 aromatic heterocycles. The Hall–Kier alpha value is -2.52. The van der Waals surface area contributed by atoms with Crippen LogP contribution in [-0.2, 0) is 10.2 Å². The van der Waals surface area contributed by atoms with Crippen molar-refractivity contribution in [1.29, 1.82) is 0 Å². The molecule has 1 saturated carbocycles. The van der Waals surface area contributed by atoms with Gasteiger partial charge in [-0.2, -0.15) is 9.97 Å². The van der Waals surface area contributed by atoms with E-state index in [1.807, 2.05) is 12.1 Å². The van der Waals surface area contributed by atoms with Gasteiger partial charge in [-0.1, -0.05) is 31.4 Å². The van der Waals surface area contributed by atoms with Gasteiger partial charge in [0.1, 0.15) is 17.5 Å². The van der Waals surface area contributed by atoms with E-state index >= 15 is 0 Å². The molecule has 5 rings (SSSR count). The second-order valence-electron chi connectivity index (χ2n) is 10.7. The minimum atomic E-state index is -0.198. The van der Waals surface area contributed by atoms with E-state index in [1.54, 1.807) is 12.1 Å². The SMILES string of the molecule is C[C@H]1CCCCN1c1cc(N2CCOCC2)nc(NC(=S)NCC2(c3ccc(F)cc3)CCCCC2)n1. The number of nitrogens with zero attached hydrogens (tertiary/aromatic N) is 4. The zero-order chi connectivity index (χ0) is 25.7. The summed E-state index contributed by atoms with van der Waals surface area (Å²) in [6.45, 7) is 7.00. The van der Waals surface area contributed by atoms with Crippen LogP contribution in [0.1, 0.15) is 63.9 Å². The first-order valence-electron chi connectivity index (χ1n) is 13.8. The molecule has 1 aliphatic carbocycles. The third kappa shape index (κ3) is 6.32. The largest absolute Gasteiger partial charge is 0.378 e. The lowest BCUT2D eigenvalue weighted by atomic mass is 9.69. The van der Waals surface area contributed by atoms with Crippen molar-refractivity contribution < 1.29 is 9.13 Å². The summed E-state index contributed by atoms with van der Waals surface area (Å²) in [5.74, 6) is 2.18. The molecule has 37 heavy (non-hydrogen) atoms. The smallest absolute Gasteiger partial charge is 0.232 e. The van der Waals surface area contributed by atoms with Gasteiger partial charge in [-0.25, -0.2) is 4.39 Å². The van der Waals surface area contributed by atoms with Crippen molar-refractivity contribution in [2.24, 2.45) is 0 Å². The summed E-state index contributed by atoms with van der Waals surface area (Å²) in [6.07, 6.45) is 9.31. The molecule has 200 valence electrons. The number of anilines is 3. The fourth-order valence-corrected chi connectivity index (χ4v) is 6.18.